The first-order valence-electron chi connectivity index (χ1n) is 9.02. The summed E-state index contributed by atoms with van der Waals surface area (Å²) in [4.78, 5) is 13.4. The molecule has 1 amide bonds. The second-order valence-corrected chi connectivity index (χ2v) is 6.72. The summed E-state index contributed by atoms with van der Waals surface area (Å²) < 4.78 is 6.15. The van der Waals surface area contributed by atoms with Crippen LogP contribution in [0.25, 0.3) is 0 Å². The molecule has 1 aliphatic rings. The van der Waals surface area contributed by atoms with Gasteiger partial charge in [0.05, 0.1) is 19.3 Å². The second-order valence-electron chi connectivity index (χ2n) is 6.72. The molecule has 1 fully saturated rings. The third-order valence-corrected chi connectivity index (χ3v) is 4.61. The predicted octanol–water partition coefficient (Wildman–Crippen LogP) is 1.89. The molecule has 0 spiro atoms. The van der Waals surface area contributed by atoms with Crippen LogP contribution in [0.2, 0.25) is 0 Å². The fourth-order valence-corrected chi connectivity index (χ4v) is 3.28. The van der Waals surface area contributed by atoms with Crippen molar-refractivity contribution in [3.8, 4) is 0 Å². The average Bonchev–Trinajstić information content (AvgIpc) is 2.64. The molecule has 1 heterocycles. The van der Waals surface area contributed by atoms with Gasteiger partial charge in [-0.25, -0.2) is 0 Å². The van der Waals surface area contributed by atoms with Gasteiger partial charge in [0.15, 0.2) is 0 Å². The number of hydrogen-bond acceptors (Lipinski definition) is 4. The summed E-state index contributed by atoms with van der Waals surface area (Å²) in [6, 6.07) is 18.2. The maximum Gasteiger partial charge on any atom is 0.234 e. The van der Waals surface area contributed by atoms with Gasteiger partial charge in [0.2, 0.25) is 5.91 Å². The summed E-state index contributed by atoms with van der Waals surface area (Å²) in [5.41, 5.74) is 3.32. The number of nitrogens with zero attached hydrogens (tertiary/aromatic N) is 1. The van der Waals surface area contributed by atoms with Crippen LogP contribution in [0.3, 0.4) is 0 Å². The fraction of sp³-hybridized carbons (Fsp3) is 0.381. The number of benzene rings is 2. The zero-order chi connectivity index (χ0) is 18.4. The maximum atomic E-state index is 11.5. The number of aryl methyl sites for hydroxylation is 1. The van der Waals surface area contributed by atoms with Crippen LogP contribution >= 0.6 is 0 Å². The summed E-state index contributed by atoms with van der Waals surface area (Å²) in [7, 11) is 0. The predicted molar refractivity (Wildman–Crippen MR) is 101 cm³/mol. The lowest BCUT2D eigenvalue weighted by Gasteiger charge is -2.29. The Bertz CT molecular complexity index is 720. The first-order chi connectivity index (χ1) is 12.6. The Morgan fingerprint density at radius 2 is 1.88 bits per heavy atom. The standard InChI is InChI=1S/C21H26N2O3/c1-16-7-5-6-10-19(16)21(17-8-3-2-4-9-17)26-15-18(24)13-23-12-11-22-20(25)14-23/h2-10,18,21,24H,11-15H2,1H3,(H,22,25). The Hall–Kier alpha value is -2.21. The van der Waals surface area contributed by atoms with Crippen LogP contribution in [0.15, 0.2) is 54.6 Å². The molecule has 1 aliphatic heterocycles. The van der Waals surface area contributed by atoms with E-state index in [9.17, 15) is 9.90 Å². The van der Waals surface area contributed by atoms with Gasteiger partial charge in [0.1, 0.15) is 6.10 Å². The van der Waals surface area contributed by atoms with E-state index >= 15 is 0 Å². The minimum absolute atomic E-state index is 0.00596. The van der Waals surface area contributed by atoms with Crippen molar-refractivity contribution in [2.45, 2.75) is 19.1 Å². The molecule has 2 unspecified atom stereocenters. The van der Waals surface area contributed by atoms with Gasteiger partial charge < -0.3 is 15.2 Å². The van der Waals surface area contributed by atoms with E-state index in [1.54, 1.807) is 0 Å². The van der Waals surface area contributed by atoms with Gasteiger partial charge >= 0.3 is 0 Å². The molecule has 2 aromatic rings. The largest absolute Gasteiger partial charge is 0.389 e. The quantitative estimate of drug-likeness (QED) is 0.797. The molecule has 0 bridgehead atoms. The molecule has 0 radical (unpaired) electrons. The number of carbonyl (C=O) groups is 1. The molecule has 5 heteroatoms. The van der Waals surface area contributed by atoms with Crippen LogP contribution in [0.1, 0.15) is 22.8 Å². The van der Waals surface area contributed by atoms with Crippen molar-refractivity contribution in [2.24, 2.45) is 0 Å². The van der Waals surface area contributed by atoms with Crippen LogP contribution < -0.4 is 5.32 Å². The molecule has 0 saturated carbocycles. The van der Waals surface area contributed by atoms with E-state index in [0.717, 1.165) is 23.2 Å². The van der Waals surface area contributed by atoms with Crippen molar-refractivity contribution in [3.05, 3.63) is 71.3 Å². The molecular formula is C21H26N2O3. The normalized spacial score (nSPS) is 17.5. The average molecular weight is 354 g/mol. The minimum atomic E-state index is -0.642. The van der Waals surface area contributed by atoms with E-state index in [2.05, 4.69) is 24.4 Å². The van der Waals surface area contributed by atoms with Crippen molar-refractivity contribution in [1.82, 2.24) is 10.2 Å². The number of aliphatic hydroxyl groups excluding tert-OH is 1. The first-order valence-corrected chi connectivity index (χ1v) is 9.02. The Labute approximate surface area is 154 Å². The van der Waals surface area contributed by atoms with Gasteiger partial charge in [-0.1, -0.05) is 54.6 Å². The molecule has 2 aromatic carbocycles. The molecule has 5 nitrogen and oxygen atoms in total. The van der Waals surface area contributed by atoms with Crippen molar-refractivity contribution in [2.75, 3.05) is 32.8 Å². The van der Waals surface area contributed by atoms with Gasteiger partial charge in [-0.2, -0.15) is 0 Å². The van der Waals surface area contributed by atoms with Crippen molar-refractivity contribution >= 4 is 5.91 Å². The monoisotopic (exact) mass is 354 g/mol. The fourth-order valence-electron chi connectivity index (χ4n) is 3.28. The van der Waals surface area contributed by atoms with E-state index in [0.29, 0.717) is 19.6 Å². The number of aliphatic hydroxyl groups is 1. The van der Waals surface area contributed by atoms with Crippen LogP contribution in [0, 0.1) is 6.92 Å². The van der Waals surface area contributed by atoms with Crippen LogP contribution in [0.4, 0.5) is 0 Å². The smallest absolute Gasteiger partial charge is 0.234 e. The molecule has 0 aromatic heterocycles. The molecule has 2 N–H and O–H groups in total. The molecule has 2 atom stereocenters. The van der Waals surface area contributed by atoms with Crippen molar-refractivity contribution in [3.63, 3.8) is 0 Å². The lowest BCUT2D eigenvalue weighted by atomic mass is 9.97. The van der Waals surface area contributed by atoms with E-state index in [1.165, 1.54) is 0 Å². The first kappa shape index (κ1) is 18.6. The highest BCUT2D eigenvalue weighted by Gasteiger charge is 2.22. The number of piperazine rings is 1. The summed E-state index contributed by atoms with van der Waals surface area (Å²) in [6.45, 7) is 4.42. The number of β-amino-alcohol motifs (C(OH)–C–C–N with tert-alkyl or cyclic N) is 1. The topological polar surface area (TPSA) is 61.8 Å². The highest BCUT2D eigenvalue weighted by molar-refractivity contribution is 5.78. The lowest BCUT2D eigenvalue weighted by Crippen LogP contribution is -2.50. The van der Waals surface area contributed by atoms with Gasteiger partial charge in [-0.3, -0.25) is 9.69 Å². The van der Waals surface area contributed by atoms with Gasteiger partial charge in [-0.15, -0.1) is 0 Å². The summed E-state index contributed by atoms with van der Waals surface area (Å²) in [5, 5.41) is 13.2. The lowest BCUT2D eigenvalue weighted by molar-refractivity contribution is -0.124. The molecule has 26 heavy (non-hydrogen) atoms. The number of ether oxygens (including phenoxy) is 1. The van der Waals surface area contributed by atoms with E-state index in [-0.39, 0.29) is 18.6 Å². The minimum Gasteiger partial charge on any atom is -0.389 e. The van der Waals surface area contributed by atoms with E-state index in [4.69, 9.17) is 4.74 Å². The van der Waals surface area contributed by atoms with Gasteiger partial charge in [-0.05, 0) is 23.6 Å². The Morgan fingerprint density at radius 3 is 2.62 bits per heavy atom. The Kier molecular flexibility index (Phi) is 6.39. The highest BCUT2D eigenvalue weighted by Crippen LogP contribution is 2.28. The summed E-state index contributed by atoms with van der Waals surface area (Å²) in [6.07, 6.45) is -0.868. The Balaban J connectivity index is 1.66. The van der Waals surface area contributed by atoms with E-state index in [1.807, 2.05) is 47.4 Å². The number of hydrogen-bond donors (Lipinski definition) is 2. The van der Waals surface area contributed by atoms with Gasteiger partial charge in [0, 0.05) is 19.6 Å². The molecule has 1 saturated heterocycles. The van der Waals surface area contributed by atoms with Crippen molar-refractivity contribution < 1.29 is 14.6 Å². The zero-order valence-electron chi connectivity index (χ0n) is 15.1. The number of rotatable bonds is 7. The second kappa shape index (κ2) is 8.94. The van der Waals surface area contributed by atoms with Gasteiger partial charge in [0.25, 0.3) is 0 Å². The molecule has 0 aliphatic carbocycles. The zero-order valence-corrected chi connectivity index (χ0v) is 15.1. The summed E-state index contributed by atoms with van der Waals surface area (Å²) in [5.74, 6) is 0.00596. The van der Waals surface area contributed by atoms with Crippen LogP contribution in [-0.2, 0) is 9.53 Å². The van der Waals surface area contributed by atoms with Crippen molar-refractivity contribution in [1.29, 1.82) is 0 Å². The third kappa shape index (κ3) is 4.91. The SMILES string of the molecule is Cc1ccccc1C(OCC(O)CN1CCNC(=O)C1)c1ccccc1. The summed E-state index contributed by atoms with van der Waals surface area (Å²) >= 11 is 0. The number of amides is 1. The molecule has 138 valence electrons. The van der Waals surface area contributed by atoms with E-state index < -0.39 is 6.10 Å². The maximum absolute atomic E-state index is 11.5. The number of carbonyl (C=O) groups excluding carboxylic acids is 1. The molecule has 3 rings (SSSR count). The highest BCUT2D eigenvalue weighted by atomic mass is 16.5. The van der Waals surface area contributed by atoms with Crippen LogP contribution in [0.5, 0.6) is 0 Å². The third-order valence-electron chi connectivity index (χ3n) is 4.61. The number of nitrogens with one attached hydrogen (secondary N) is 1. The van der Waals surface area contributed by atoms with Crippen LogP contribution in [-0.4, -0.2) is 54.8 Å². The Morgan fingerprint density at radius 1 is 1.15 bits per heavy atom. The molecular weight excluding hydrogens is 328 g/mol.